The summed E-state index contributed by atoms with van der Waals surface area (Å²) in [5.74, 6) is -1.08. The van der Waals surface area contributed by atoms with Crippen LogP contribution in [-0.4, -0.2) is 24.1 Å². The van der Waals surface area contributed by atoms with Crippen molar-refractivity contribution in [2.75, 3.05) is 12.4 Å². The Morgan fingerprint density at radius 1 is 1.22 bits per heavy atom. The van der Waals surface area contributed by atoms with Gasteiger partial charge < -0.3 is 15.2 Å². The highest BCUT2D eigenvalue weighted by molar-refractivity contribution is 5.94. The highest BCUT2D eigenvalue weighted by atomic mass is 16.5. The van der Waals surface area contributed by atoms with Crippen LogP contribution in [0.15, 0.2) is 24.3 Å². The van der Waals surface area contributed by atoms with Gasteiger partial charge in [0.25, 0.3) is 0 Å². The average Bonchev–Trinajstić information content (AvgIpc) is 2.74. The summed E-state index contributed by atoms with van der Waals surface area (Å²) >= 11 is 0. The molecule has 1 aromatic carbocycles. The van der Waals surface area contributed by atoms with Gasteiger partial charge >= 0.3 is 5.97 Å². The number of carboxylic acid groups (broad SMARTS) is 1. The van der Waals surface area contributed by atoms with Gasteiger partial charge in [0.1, 0.15) is 0 Å². The van der Waals surface area contributed by atoms with Crippen LogP contribution in [0.4, 0.5) is 5.69 Å². The zero-order valence-corrected chi connectivity index (χ0v) is 13.6. The molecule has 0 atom stereocenters. The quantitative estimate of drug-likeness (QED) is 0.786. The molecule has 0 aromatic heterocycles. The van der Waals surface area contributed by atoms with Crippen molar-refractivity contribution in [2.45, 2.75) is 51.6 Å². The second kappa shape index (κ2) is 8.11. The third-order valence-electron chi connectivity index (χ3n) is 4.54. The summed E-state index contributed by atoms with van der Waals surface area (Å²) in [6, 6.07) is 7.42. The van der Waals surface area contributed by atoms with E-state index in [4.69, 9.17) is 4.74 Å². The van der Waals surface area contributed by atoms with Gasteiger partial charge in [0.2, 0.25) is 5.91 Å². The van der Waals surface area contributed by atoms with Crippen molar-refractivity contribution in [3.05, 3.63) is 29.8 Å². The Hall–Kier alpha value is -1.88. The Kier molecular flexibility index (Phi) is 6.16. The number of carbonyl (C=O) groups is 2. The van der Waals surface area contributed by atoms with E-state index in [1.54, 1.807) is 13.2 Å². The Morgan fingerprint density at radius 2 is 1.91 bits per heavy atom. The summed E-state index contributed by atoms with van der Waals surface area (Å²) in [7, 11) is 1.62. The third kappa shape index (κ3) is 4.79. The minimum atomic E-state index is -0.912. The van der Waals surface area contributed by atoms with Gasteiger partial charge in [0.05, 0.1) is 12.0 Å². The molecule has 0 aliphatic heterocycles. The van der Waals surface area contributed by atoms with Crippen molar-refractivity contribution in [3.63, 3.8) is 0 Å². The van der Waals surface area contributed by atoms with Crippen LogP contribution in [0.2, 0.25) is 0 Å². The van der Waals surface area contributed by atoms with Crippen LogP contribution in [-0.2, 0) is 20.9 Å². The Labute approximate surface area is 137 Å². The molecule has 0 radical (unpaired) electrons. The van der Waals surface area contributed by atoms with Gasteiger partial charge in [-0.3, -0.25) is 9.59 Å². The van der Waals surface area contributed by atoms with Gasteiger partial charge in [-0.1, -0.05) is 37.8 Å². The smallest absolute Gasteiger partial charge is 0.310 e. The number of benzene rings is 1. The van der Waals surface area contributed by atoms with Crippen molar-refractivity contribution in [2.24, 2.45) is 5.41 Å². The molecule has 0 spiro atoms. The van der Waals surface area contributed by atoms with Gasteiger partial charge in [0.15, 0.2) is 0 Å². The first-order valence-corrected chi connectivity index (χ1v) is 8.17. The fourth-order valence-electron chi connectivity index (χ4n) is 3.29. The molecule has 0 saturated heterocycles. The van der Waals surface area contributed by atoms with Crippen LogP contribution in [0.5, 0.6) is 0 Å². The van der Waals surface area contributed by atoms with E-state index in [1.807, 2.05) is 18.2 Å². The minimum absolute atomic E-state index is 0.0385. The zero-order valence-electron chi connectivity index (χ0n) is 13.6. The predicted molar refractivity (Wildman–Crippen MR) is 88.2 cm³/mol. The molecule has 5 heteroatoms. The molecule has 1 fully saturated rings. The summed E-state index contributed by atoms with van der Waals surface area (Å²) < 4.78 is 5.08. The number of hydrogen-bond donors (Lipinski definition) is 2. The molecule has 1 amide bonds. The van der Waals surface area contributed by atoms with Crippen molar-refractivity contribution >= 4 is 17.6 Å². The van der Waals surface area contributed by atoms with E-state index >= 15 is 0 Å². The number of carbonyl (C=O) groups excluding carboxylic acids is 1. The fourth-order valence-corrected chi connectivity index (χ4v) is 3.29. The standard InChI is InChI=1S/C18H25NO4/c1-23-13-14-7-6-8-15(11-14)19-16(20)12-18(17(21)22)9-4-2-3-5-10-18/h6-8,11H,2-5,9-10,12-13H2,1H3,(H,19,20)(H,21,22). The van der Waals surface area contributed by atoms with Crippen molar-refractivity contribution in [1.82, 2.24) is 0 Å². The van der Waals surface area contributed by atoms with Crippen molar-refractivity contribution in [3.8, 4) is 0 Å². The van der Waals surface area contributed by atoms with E-state index in [2.05, 4.69) is 5.32 Å². The molecule has 1 aromatic rings. The molecule has 0 bridgehead atoms. The van der Waals surface area contributed by atoms with E-state index in [-0.39, 0.29) is 12.3 Å². The molecule has 23 heavy (non-hydrogen) atoms. The van der Waals surface area contributed by atoms with E-state index < -0.39 is 11.4 Å². The van der Waals surface area contributed by atoms with Crippen LogP contribution in [0.1, 0.15) is 50.5 Å². The molecule has 5 nitrogen and oxygen atoms in total. The van der Waals surface area contributed by atoms with Crippen LogP contribution < -0.4 is 5.32 Å². The first-order valence-electron chi connectivity index (χ1n) is 8.17. The SMILES string of the molecule is COCc1cccc(NC(=O)CC2(C(=O)O)CCCCCC2)c1. The molecular formula is C18H25NO4. The topological polar surface area (TPSA) is 75.6 Å². The lowest BCUT2D eigenvalue weighted by atomic mass is 9.77. The molecule has 126 valence electrons. The average molecular weight is 319 g/mol. The number of rotatable bonds is 6. The molecule has 1 saturated carbocycles. The second-order valence-electron chi connectivity index (χ2n) is 6.36. The number of carboxylic acids is 1. The lowest BCUT2D eigenvalue weighted by Gasteiger charge is -2.27. The Balaban J connectivity index is 2.04. The molecule has 0 unspecified atom stereocenters. The number of amides is 1. The number of anilines is 1. The summed E-state index contributed by atoms with van der Waals surface area (Å²) in [6.45, 7) is 0.475. The van der Waals surface area contributed by atoms with Gasteiger partial charge in [-0.2, -0.15) is 0 Å². The van der Waals surface area contributed by atoms with E-state index in [0.29, 0.717) is 25.1 Å². The van der Waals surface area contributed by atoms with E-state index in [1.165, 1.54) is 0 Å². The lowest BCUT2D eigenvalue weighted by molar-refractivity contribution is -0.152. The van der Waals surface area contributed by atoms with Gasteiger partial charge in [-0.15, -0.1) is 0 Å². The van der Waals surface area contributed by atoms with Crippen LogP contribution in [0, 0.1) is 5.41 Å². The van der Waals surface area contributed by atoms with Crippen molar-refractivity contribution < 1.29 is 19.4 Å². The minimum Gasteiger partial charge on any atom is -0.481 e. The molecule has 1 aliphatic rings. The molecule has 1 aliphatic carbocycles. The highest BCUT2D eigenvalue weighted by Gasteiger charge is 2.40. The monoisotopic (exact) mass is 319 g/mol. The second-order valence-corrected chi connectivity index (χ2v) is 6.36. The molecular weight excluding hydrogens is 294 g/mol. The number of nitrogens with one attached hydrogen (secondary N) is 1. The highest BCUT2D eigenvalue weighted by Crippen LogP contribution is 2.38. The Bertz CT molecular complexity index is 548. The predicted octanol–water partition coefficient (Wildman–Crippen LogP) is 3.59. The summed E-state index contributed by atoms with van der Waals surface area (Å²) in [4.78, 5) is 24.1. The normalized spacial score (nSPS) is 17.3. The molecule has 0 heterocycles. The summed E-state index contributed by atoms with van der Waals surface area (Å²) in [5.41, 5.74) is 0.733. The maximum Gasteiger partial charge on any atom is 0.310 e. The molecule has 2 N–H and O–H groups in total. The maximum atomic E-state index is 12.4. The van der Waals surface area contributed by atoms with Gasteiger partial charge in [-0.25, -0.2) is 0 Å². The van der Waals surface area contributed by atoms with Crippen LogP contribution >= 0.6 is 0 Å². The number of methoxy groups -OCH3 is 1. The van der Waals surface area contributed by atoms with E-state index in [0.717, 1.165) is 31.2 Å². The van der Waals surface area contributed by atoms with E-state index in [9.17, 15) is 14.7 Å². The Morgan fingerprint density at radius 3 is 2.52 bits per heavy atom. The van der Waals surface area contributed by atoms with Crippen LogP contribution in [0.3, 0.4) is 0 Å². The lowest BCUT2D eigenvalue weighted by Crippen LogP contribution is -2.35. The summed E-state index contributed by atoms with van der Waals surface area (Å²) in [5, 5.41) is 12.5. The maximum absolute atomic E-state index is 12.4. The van der Waals surface area contributed by atoms with Crippen molar-refractivity contribution in [1.29, 1.82) is 0 Å². The van der Waals surface area contributed by atoms with Gasteiger partial charge in [0, 0.05) is 19.2 Å². The number of hydrogen-bond acceptors (Lipinski definition) is 3. The summed E-state index contributed by atoms with van der Waals surface area (Å²) in [6.07, 6.45) is 5.06. The third-order valence-corrected chi connectivity index (χ3v) is 4.54. The first-order chi connectivity index (χ1) is 11.1. The fraction of sp³-hybridized carbons (Fsp3) is 0.556. The number of ether oxygens (including phenoxy) is 1. The van der Waals surface area contributed by atoms with Crippen LogP contribution in [0.25, 0.3) is 0 Å². The molecule has 2 rings (SSSR count). The van der Waals surface area contributed by atoms with Gasteiger partial charge in [-0.05, 0) is 30.5 Å². The largest absolute Gasteiger partial charge is 0.481 e. The first kappa shape index (κ1) is 17.5. The zero-order chi connectivity index (χ0) is 16.7. The number of aliphatic carboxylic acids is 1.